The molecule has 2 atom stereocenters. The molecule has 2 aromatic rings. The summed E-state index contributed by atoms with van der Waals surface area (Å²) in [5.74, 6) is 1.03. The van der Waals surface area contributed by atoms with Crippen LogP contribution < -0.4 is 5.32 Å². The number of benzene rings is 1. The van der Waals surface area contributed by atoms with Crippen LogP contribution in [-0.4, -0.2) is 23.2 Å². The number of pyridine rings is 1. The highest BCUT2D eigenvalue weighted by molar-refractivity contribution is 5.20. The Balaban J connectivity index is 1.69. The van der Waals surface area contributed by atoms with Gasteiger partial charge in [0.15, 0.2) is 0 Å². The molecule has 0 unspecified atom stereocenters. The van der Waals surface area contributed by atoms with Gasteiger partial charge in [-0.1, -0.05) is 42.8 Å². The van der Waals surface area contributed by atoms with Crippen molar-refractivity contribution in [2.75, 3.05) is 13.2 Å². The third-order valence-corrected chi connectivity index (χ3v) is 4.96. The fraction of sp³-hybridized carbons (Fsp3) is 0.450. The number of aromatic nitrogens is 1. The molecule has 1 saturated carbocycles. The van der Waals surface area contributed by atoms with Crippen LogP contribution in [-0.2, 0) is 0 Å². The minimum Gasteiger partial charge on any atom is -0.396 e. The molecule has 3 heteroatoms. The maximum absolute atomic E-state index is 9.41. The fourth-order valence-corrected chi connectivity index (χ4v) is 3.38. The molecule has 23 heavy (non-hydrogen) atoms. The van der Waals surface area contributed by atoms with Crippen molar-refractivity contribution >= 4 is 0 Å². The molecule has 0 saturated heterocycles. The maximum atomic E-state index is 9.41. The Morgan fingerprint density at radius 3 is 2.48 bits per heavy atom. The van der Waals surface area contributed by atoms with Crippen LogP contribution in [0, 0.1) is 5.92 Å². The molecule has 0 bridgehead atoms. The molecule has 1 aliphatic rings. The van der Waals surface area contributed by atoms with Crippen molar-refractivity contribution in [3.8, 4) is 0 Å². The number of hydrogen-bond donors (Lipinski definition) is 2. The molecule has 1 aromatic carbocycles. The lowest BCUT2D eigenvalue weighted by Crippen LogP contribution is -2.35. The van der Waals surface area contributed by atoms with Crippen LogP contribution in [0.2, 0.25) is 0 Å². The maximum Gasteiger partial charge on any atom is 0.0576 e. The minimum atomic E-state index is 0.221. The summed E-state index contributed by atoms with van der Waals surface area (Å²) in [4.78, 5) is 4.57. The van der Waals surface area contributed by atoms with E-state index in [9.17, 15) is 5.11 Å². The molecule has 3 nitrogen and oxygen atoms in total. The van der Waals surface area contributed by atoms with Gasteiger partial charge in [-0.05, 0) is 48.8 Å². The quantitative estimate of drug-likeness (QED) is 0.782. The first-order chi connectivity index (χ1) is 11.4. The second kappa shape index (κ2) is 8.23. The highest BCUT2D eigenvalue weighted by atomic mass is 16.3. The highest BCUT2D eigenvalue weighted by Crippen LogP contribution is 2.37. The molecule has 122 valence electrons. The van der Waals surface area contributed by atoms with Crippen LogP contribution in [0.4, 0.5) is 0 Å². The van der Waals surface area contributed by atoms with Gasteiger partial charge < -0.3 is 10.4 Å². The van der Waals surface area contributed by atoms with Crippen LogP contribution in [0.25, 0.3) is 0 Å². The number of aliphatic hydroxyl groups excluding tert-OH is 1. The number of hydrogen-bond acceptors (Lipinski definition) is 3. The molecule has 1 aromatic heterocycles. The lowest BCUT2D eigenvalue weighted by Gasteiger charge is -2.35. The summed E-state index contributed by atoms with van der Waals surface area (Å²) in [6.45, 7) is 1.10. The van der Waals surface area contributed by atoms with E-state index in [0.717, 1.165) is 18.7 Å². The normalized spacial score (nSPS) is 17.4. The summed E-state index contributed by atoms with van der Waals surface area (Å²) in [5.41, 5.74) is 2.44. The number of rotatable bonds is 8. The minimum absolute atomic E-state index is 0.221. The van der Waals surface area contributed by atoms with Gasteiger partial charge in [-0.2, -0.15) is 0 Å². The van der Waals surface area contributed by atoms with E-state index in [-0.39, 0.29) is 6.61 Å². The fourth-order valence-electron chi connectivity index (χ4n) is 3.38. The predicted octanol–water partition coefficient (Wildman–Crippen LogP) is 3.68. The zero-order valence-corrected chi connectivity index (χ0v) is 13.6. The second-order valence-corrected chi connectivity index (χ2v) is 6.45. The Kier molecular flexibility index (Phi) is 5.78. The Labute approximate surface area is 138 Å². The van der Waals surface area contributed by atoms with E-state index in [1.54, 1.807) is 0 Å². The molecule has 2 N–H and O–H groups in total. The van der Waals surface area contributed by atoms with Crippen LogP contribution in [0.3, 0.4) is 0 Å². The SMILES string of the molecule is OCC[C@@H](CN[C@@H](c1ccccn1)C1CCC1)c1ccccc1. The number of nitrogens with zero attached hydrogens (tertiary/aromatic N) is 1. The highest BCUT2D eigenvalue weighted by Gasteiger charge is 2.29. The molecule has 3 rings (SSSR count). The molecule has 0 amide bonds. The van der Waals surface area contributed by atoms with Gasteiger partial charge in [0.25, 0.3) is 0 Å². The number of nitrogens with one attached hydrogen (secondary N) is 1. The summed E-state index contributed by atoms with van der Waals surface area (Å²) >= 11 is 0. The lowest BCUT2D eigenvalue weighted by atomic mass is 9.78. The first-order valence-electron chi connectivity index (χ1n) is 8.68. The Bertz CT molecular complexity index is 569. The van der Waals surface area contributed by atoms with Crippen LogP contribution in [0.1, 0.15) is 48.9 Å². The van der Waals surface area contributed by atoms with Crippen molar-refractivity contribution in [2.45, 2.75) is 37.6 Å². The molecule has 1 fully saturated rings. The summed E-state index contributed by atoms with van der Waals surface area (Å²) in [6.07, 6.45) is 6.56. The first-order valence-corrected chi connectivity index (χ1v) is 8.68. The average Bonchev–Trinajstić information content (AvgIpc) is 2.57. The Hall–Kier alpha value is -1.71. The standard InChI is InChI=1S/C20H26N2O/c23-14-12-18(16-7-2-1-3-8-16)15-22-20(17-9-6-10-17)19-11-4-5-13-21-19/h1-5,7-8,11,13,17-18,20,22-23H,6,9-10,12,14-15H2/t18-,20+/m0/s1. The lowest BCUT2D eigenvalue weighted by molar-refractivity contribution is 0.219. The number of aliphatic hydroxyl groups is 1. The van der Waals surface area contributed by atoms with E-state index < -0.39 is 0 Å². The first kappa shape index (κ1) is 16.2. The van der Waals surface area contributed by atoms with Gasteiger partial charge in [-0.25, -0.2) is 0 Å². The van der Waals surface area contributed by atoms with Crippen LogP contribution in [0.15, 0.2) is 54.7 Å². The topological polar surface area (TPSA) is 45.1 Å². The summed E-state index contributed by atoms with van der Waals surface area (Å²) in [7, 11) is 0. The van der Waals surface area contributed by atoms with Gasteiger partial charge >= 0.3 is 0 Å². The van der Waals surface area contributed by atoms with E-state index in [1.165, 1.54) is 24.8 Å². The smallest absolute Gasteiger partial charge is 0.0576 e. The summed E-state index contributed by atoms with van der Waals surface area (Å²) in [6, 6.07) is 17.0. The third kappa shape index (κ3) is 4.18. The van der Waals surface area contributed by atoms with Gasteiger partial charge in [-0.3, -0.25) is 4.98 Å². The van der Waals surface area contributed by atoms with E-state index in [1.807, 2.05) is 18.3 Å². The molecule has 1 heterocycles. The van der Waals surface area contributed by atoms with Gasteiger partial charge in [-0.15, -0.1) is 0 Å². The largest absolute Gasteiger partial charge is 0.396 e. The van der Waals surface area contributed by atoms with Crippen molar-refractivity contribution in [3.05, 3.63) is 66.0 Å². The zero-order chi connectivity index (χ0) is 15.9. The van der Waals surface area contributed by atoms with E-state index in [4.69, 9.17) is 0 Å². The summed E-state index contributed by atoms with van der Waals surface area (Å²) < 4.78 is 0. The molecular formula is C20H26N2O. The molecule has 0 aliphatic heterocycles. The third-order valence-electron chi connectivity index (χ3n) is 4.96. The van der Waals surface area contributed by atoms with Crippen molar-refractivity contribution in [1.29, 1.82) is 0 Å². The monoisotopic (exact) mass is 310 g/mol. The molecule has 0 spiro atoms. The van der Waals surface area contributed by atoms with Crippen molar-refractivity contribution < 1.29 is 5.11 Å². The Morgan fingerprint density at radius 1 is 1.09 bits per heavy atom. The summed E-state index contributed by atoms with van der Waals surface area (Å²) in [5, 5.41) is 13.2. The zero-order valence-electron chi connectivity index (χ0n) is 13.6. The van der Waals surface area contributed by atoms with E-state index >= 15 is 0 Å². The van der Waals surface area contributed by atoms with Gasteiger partial charge in [0.2, 0.25) is 0 Å². The van der Waals surface area contributed by atoms with E-state index in [2.05, 4.69) is 46.7 Å². The molecule has 1 aliphatic carbocycles. The predicted molar refractivity (Wildman–Crippen MR) is 93.2 cm³/mol. The van der Waals surface area contributed by atoms with Gasteiger partial charge in [0.05, 0.1) is 11.7 Å². The van der Waals surface area contributed by atoms with Crippen molar-refractivity contribution in [3.63, 3.8) is 0 Å². The Morgan fingerprint density at radius 2 is 1.87 bits per heavy atom. The molecular weight excluding hydrogens is 284 g/mol. The van der Waals surface area contributed by atoms with E-state index in [0.29, 0.717) is 17.9 Å². The van der Waals surface area contributed by atoms with Crippen molar-refractivity contribution in [1.82, 2.24) is 10.3 Å². The van der Waals surface area contributed by atoms with Gasteiger partial charge in [0.1, 0.15) is 0 Å². The van der Waals surface area contributed by atoms with Crippen LogP contribution in [0.5, 0.6) is 0 Å². The van der Waals surface area contributed by atoms with Crippen LogP contribution >= 0.6 is 0 Å². The molecule has 0 radical (unpaired) electrons. The second-order valence-electron chi connectivity index (χ2n) is 6.45. The van der Waals surface area contributed by atoms with Gasteiger partial charge in [0, 0.05) is 19.3 Å². The average molecular weight is 310 g/mol. The van der Waals surface area contributed by atoms with Crippen molar-refractivity contribution in [2.24, 2.45) is 5.92 Å².